The van der Waals surface area contributed by atoms with Gasteiger partial charge in [0.1, 0.15) is 17.1 Å². The molecule has 0 atom stereocenters. The maximum Gasteiger partial charge on any atom is 0.141 e. The highest BCUT2D eigenvalue weighted by atomic mass is 35.5. The third-order valence-corrected chi connectivity index (χ3v) is 8.95. The van der Waals surface area contributed by atoms with E-state index in [1.54, 1.807) is 20.3 Å². The summed E-state index contributed by atoms with van der Waals surface area (Å²) in [5, 5.41) is 4.32. The van der Waals surface area contributed by atoms with E-state index in [1.807, 2.05) is 16.7 Å². The van der Waals surface area contributed by atoms with Crippen molar-refractivity contribution in [3.8, 4) is 22.8 Å². The number of aromatic nitrogens is 2. The summed E-state index contributed by atoms with van der Waals surface area (Å²) in [6, 6.07) is 19.3. The van der Waals surface area contributed by atoms with Crippen molar-refractivity contribution in [2.24, 2.45) is 5.92 Å². The number of pyridine rings is 1. The molecule has 41 heavy (non-hydrogen) atoms. The molecule has 0 bridgehead atoms. The fraction of sp³-hybridized carbons (Fsp3) is 0.424. The van der Waals surface area contributed by atoms with Crippen LogP contribution < -0.4 is 14.8 Å². The van der Waals surface area contributed by atoms with E-state index < -0.39 is 0 Å². The number of methoxy groups -OCH3 is 2. The lowest BCUT2D eigenvalue weighted by Crippen LogP contribution is -2.47. The van der Waals surface area contributed by atoms with Gasteiger partial charge in [-0.2, -0.15) is 0 Å². The summed E-state index contributed by atoms with van der Waals surface area (Å²) in [5.41, 5.74) is 5.07. The second-order valence-electron chi connectivity index (χ2n) is 11.4. The Hall–Kier alpha value is -3.26. The van der Waals surface area contributed by atoms with Crippen LogP contribution in [0.1, 0.15) is 31.2 Å². The summed E-state index contributed by atoms with van der Waals surface area (Å²) in [5.74, 6) is 2.06. The Kier molecular flexibility index (Phi) is 8.65. The van der Waals surface area contributed by atoms with Gasteiger partial charge < -0.3 is 24.1 Å². The third kappa shape index (κ3) is 6.64. The number of imidazole rings is 1. The van der Waals surface area contributed by atoms with E-state index in [1.165, 1.54) is 64.0 Å². The number of benzene rings is 2. The summed E-state index contributed by atoms with van der Waals surface area (Å²) in [6.07, 6.45) is 9.07. The normalized spacial score (nSPS) is 20.3. The number of hydrogen-bond acceptors (Lipinski definition) is 6. The lowest BCUT2D eigenvalue weighted by molar-refractivity contribution is 0.104. The van der Waals surface area contributed by atoms with Gasteiger partial charge in [-0.05, 0) is 49.3 Å². The van der Waals surface area contributed by atoms with Gasteiger partial charge in [0.25, 0.3) is 0 Å². The number of fused-ring (bicyclic) bond motifs is 1. The monoisotopic (exact) mass is 573 g/mol. The van der Waals surface area contributed by atoms with Crippen LogP contribution in [0.3, 0.4) is 0 Å². The van der Waals surface area contributed by atoms with E-state index in [0.29, 0.717) is 22.6 Å². The lowest BCUT2D eigenvalue weighted by Gasteiger charge is -2.38. The number of piperazine rings is 1. The zero-order valence-electron chi connectivity index (χ0n) is 24.1. The number of nitrogens with zero attached hydrogens (tertiary/aromatic N) is 4. The molecular weight excluding hydrogens is 534 g/mol. The van der Waals surface area contributed by atoms with Crippen LogP contribution in [-0.2, 0) is 6.54 Å². The minimum absolute atomic E-state index is 0.506. The Balaban J connectivity index is 1.00. The molecule has 0 unspecified atom stereocenters. The number of halogens is 1. The van der Waals surface area contributed by atoms with Crippen LogP contribution in [0.4, 0.5) is 5.69 Å². The molecule has 8 heteroatoms. The molecule has 6 rings (SSSR count). The summed E-state index contributed by atoms with van der Waals surface area (Å²) in [6.45, 7) is 7.02. The number of nitrogens with one attached hydrogen (secondary N) is 1. The van der Waals surface area contributed by atoms with Crippen LogP contribution in [0.25, 0.3) is 16.9 Å². The Morgan fingerprint density at radius 2 is 1.61 bits per heavy atom. The molecule has 1 saturated heterocycles. The molecule has 2 fully saturated rings. The smallest absolute Gasteiger partial charge is 0.141 e. The second kappa shape index (κ2) is 12.7. The SMILES string of the molecule is COc1cc(OC)c(-c2cn3ccc(NC4CCC(CN5CCN(Cc6ccccc6)CC5)CC4)cc3n2)cc1Cl. The highest BCUT2D eigenvalue weighted by Crippen LogP contribution is 2.38. The maximum absolute atomic E-state index is 6.41. The van der Waals surface area contributed by atoms with Crippen molar-refractivity contribution in [3.63, 3.8) is 0 Å². The van der Waals surface area contributed by atoms with E-state index >= 15 is 0 Å². The molecule has 4 aromatic rings. The Morgan fingerprint density at radius 3 is 2.34 bits per heavy atom. The zero-order valence-corrected chi connectivity index (χ0v) is 24.8. The quantitative estimate of drug-likeness (QED) is 0.248. The predicted molar refractivity (Wildman–Crippen MR) is 166 cm³/mol. The van der Waals surface area contributed by atoms with Gasteiger partial charge in [-0.25, -0.2) is 4.98 Å². The Morgan fingerprint density at radius 1 is 0.878 bits per heavy atom. The van der Waals surface area contributed by atoms with Crippen molar-refractivity contribution in [2.45, 2.75) is 38.3 Å². The van der Waals surface area contributed by atoms with Crippen LogP contribution in [0.5, 0.6) is 11.5 Å². The van der Waals surface area contributed by atoms with Gasteiger partial charge in [-0.1, -0.05) is 41.9 Å². The number of anilines is 1. The van der Waals surface area contributed by atoms with E-state index in [2.05, 4.69) is 63.8 Å². The van der Waals surface area contributed by atoms with E-state index in [4.69, 9.17) is 26.1 Å². The Labute approximate surface area is 248 Å². The highest BCUT2D eigenvalue weighted by Gasteiger charge is 2.25. The van der Waals surface area contributed by atoms with Gasteiger partial charge in [-0.15, -0.1) is 0 Å². The average Bonchev–Trinajstić information content (AvgIpc) is 3.43. The van der Waals surface area contributed by atoms with Crippen LogP contribution in [-0.4, -0.2) is 72.2 Å². The van der Waals surface area contributed by atoms with Crippen molar-refractivity contribution in [1.29, 1.82) is 0 Å². The van der Waals surface area contributed by atoms with Crippen LogP contribution in [0, 0.1) is 5.92 Å². The molecular formula is C33H40ClN5O2. The van der Waals surface area contributed by atoms with E-state index in [0.717, 1.165) is 35.1 Å². The molecule has 3 heterocycles. The fourth-order valence-corrected chi connectivity index (χ4v) is 6.56. The number of ether oxygens (including phenoxy) is 2. The van der Waals surface area contributed by atoms with Gasteiger partial charge in [0.05, 0.1) is 24.9 Å². The molecule has 1 aliphatic carbocycles. The molecule has 0 amide bonds. The summed E-state index contributed by atoms with van der Waals surface area (Å²) >= 11 is 6.41. The number of hydrogen-bond donors (Lipinski definition) is 1. The molecule has 216 valence electrons. The first-order valence-electron chi connectivity index (χ1n) is 14.7. The first-order valence-corrected chi connectivity index (χ1v) is 15.1. The summed E-state index contributed by atoms with van der Waals surface area (Å²) in [7, 11) is 3.24. The molecule has 7 nitrogen and oxygen atoms in total. The van der Waals surface area contributed by atoms with Gasteiger partial charge in [0, 0.05) is 81.1 Å². The van der Waals surface area contributed by atoms with Gasteiger partial charge in [-0.3, -0.25) is 4.90 Å². The molecule has 2 aliphatic rings. The van der Waals surface area contributed by atoms with Crippen molar-refractivity contribution < 1.29 is 9.47 Å². The van der Waals surface area contributed by atoms with Gasteiger partial charge in [0.15, 0.2) is 0 Å². The average molecular weight is 574 g/mol. The maximum atomic E-state index is 6.41. The van der Waals surface area contributed by atoms with Crippen molar-refractivity contribution >= 4 is 22.9 Å². The first-order chi connectivity index (χ1) is 20.1. The molecule has 1 aliphatic heterocycles. The standard InChI is InChI=1S/C33H40ClN5O2/c1-40-31-20-32(41-2)29(34)19-28(31)30-23-39-13-12-27(18-33(39)36-30)35-26-10-8-25(9-11-26)22-38-16-14-37(15-17-38)21-24-6-4-3-5-7-24/h3-7,12-13,18-20,23,25-26,35H,8-11,14-17,21-22H2,1-2H3. The van der Waals surface area contributed by atoms with Gasteiger partial charge >= 0.3 is 0 Å². The van der Waals surface area contributed by atoms with Crippen molar-refractivity contribution in [2.75, 3.05) is 52.3 Å². The molecule has 1 N–H and O–H groups in total. The van der Waals surface area contributed by atoms with E-state index in [9.17, 15) is 0 Å². The predicted octanol–water partition coefficient (Wildman–Crippen LogP) is 6.46. The number of rotatable bonds is 9. The van der Waals surface area contributed by atoms with Crippen LogP contribution >= 0.6 is 11.6 Å². The topological polar surface area (TPSA) is 54.3 Å². The molecule has 2 aromatic carbocycles. The first kappa shape index (κ1) is 27.9. The summed E-state index contributed by atoms with van der Waals surface area (Å²) < 4.78 is 13.0. The fourth-order valence-electron chi connectivity index (χ4n) is 6.32. The molecule has 0 radical (unpaired) electrons. The Bertz CT molecular complexity index is 1440. The summed E-state index contributed by atoms with van der Waals surface area (Å²) in [4.78, 5) is 10.2. The van der Waals surface area contributed by atoms with E-state index in [-0.39, 0.29) is 0 Å². The van der Waals surface area contributed by atoms with Crippen molar-refractivity contribution in [3.05, 3.63) is 77.6 Å². The van der Waals surface area contributed by atoms with Gasteiger partial charge in [0.2, 0.25) is 0 Å². The second-order valence-corrected chi connectivity index (χ2v) is 11.8. The largest absolute Gasteiger partial charge is 0.496 e. The third-order valence-electron chi connectivity index (χ3n) is 8.66. The van der Waals surface area contributed by atoms with Crippen LogP contribution in [0.2, 0.25) is 5.02 Å². The molecule has 0 spiro atoms. The van der Waals surface area contributed by atoms with Crippen LogP contribution in [0.15, 0.2) is 67.0 Å². The minimum atomic E-state index is 0.506. The minimum Gasteiger partial charge on any atom is -0.496 e. The molecule has 1 saturated carbocycles. The lowest BCUT2D eigenvalue weighted by atomic mass is 9.85. The van der Waals surface area contributed by atoms with Crippen molar-refractivity contribution in [1.82, 2.24) is 19.2 Å². The molecule has 2 aromatic heterocycles. The highest BCUT2D eigenvalue weighted by molar-refractivity contribution is 6.32. The zero-order chi connectivity index (χ0) is 28.2.